The van der Waals surface area contributed by atoms with E-state index < -0.39 is 0 Å². The van der Waals surface area contributed by atoms with E-state index in [4.69, 9.17) is 20.6 Å². The molecule has 0 aliphatic heterocycles. The number of nitrogens with two attached hydrogens (primary N) is 1. The van der Waals surface area contributed by atoms with Crippen molar-refractivity contribution in [1.82, 2.24) is 19.7 Å². The maximum Gasteiger partial charge on any atom is 0.183 e. The number of aliphatic hydroxyl groups is 1. The summed E-state index contributed by atoms with van der Waals surface area (Å²) < 4.78 is 7.76. The van der Waals surface area contributed by atoms with Crippen molar-refractivity contribution in [2.75, 3.05) is 13.2 Å². The zero-order chi connectivity index (χ0) is 19.5. The van der Waals surface area contributed by atoms with Crippen LogP contribution in [0.5, 0.6) is 0 Å². The number of hydrogen-bond donors (Lipinski definition) is 3. The summed E-state index contributed by atoms with van der Waals surface area (Å²) in [5.74, 6) is 1.84. The molecule has 3 aromatic rings. The van der Waals surface area contributed by atoms with E-state index in [0.717, 1.165) is 54.6 Å². The third-order valence-corrected chi connectivity index (χ3v) is 5.58. The Balaban J connectivity index is 1.61. The maximum absolute atomic E-state index is 9.51. The zero-order valence-corrected chi connectivity index (χ0v) is 16.3. The van der Waals surface area contributed by atoms with Gasteiger partial charge in [-0.3, -0.25) is 0 Å². The first-order valence-corrected chi connectivity index (χ1v) is 10.2. The summed E-state index contributed by atoms with van der Waals surface area (Å²) in [6, 6.07) is 8.13. The highest BCUT2D eigenvalue weighted by atomic mass is 16.5. The van der Waals surface area contributed by atoms with Gasteiger partial charge in [0.05, 0.1) is 19.3 Å². The predicted molar refractivity (Wildman–Crippen MR) is 109 cm³/mol. The van der Waals surface area contributed by atoms with E-state index in [1.807, 2.05) is 29.1 Å². The molecule has 1 aromatic carbocycles. The minimum Gasteiger partial charge on any atom is -0.394 e. The topological polar surface area (TPSA) is 102 Å². The van der Waals surface area contributed by atoms with Gasteiger partial charge in [-0.1, -0.05) is 25.1 Å². The summed E-state index contributed by atoms with van der Waals surface area (Å²) in [5, 5.41) is 15.3. The molecule has 0 bridgehead atoms. The number of rotatable bonds is 7. The van der Waals surface area contributed by atoms with Crippen molar-refractivity contribution in [2.45, 2.75) is 57.2 Å². The Kier molecular flexibility index (Phi) is 5.75. The number of aromatic nitrogens is 4. The molecule has 1 aliphatic carbocycles. The Hall–Kier alpha value is -2.22. The summed E-state index contributed by atoms with van der Waals surface area (Å²) in [7, 11) is 0. The SMILES string of the molecule is CCCO[C@@H]1CC[C@H](c2nc(-c3c[nH]c4ccccc34)nn2CCO)C[C@H]1N. The van der Waals surface area contributed by atoms with Crippen molar-refractivity contribution >= 4 is 10.9 Å². The van der Waals surface area contributed by atoms with Gasteiger partial charge in [0.15, 0.2) is 5.82 Å². The molecular formula is C21H29N5O2. The van der Waals surface area contributed by atoms with Crippen LogP contribution in [-0.4, -0.2) is 50.2 Å². The molecule has 7 nitrogen and oxygen atoms in total. The molecule has 0 radical (unpaired) electrons. The van der Waals surface area contributed by atoms with Crippen LogP contribution in [0.4, 0.5) is 0 Å². The number of aromatic amines is 1. The molecule has 0 unspecified atom stereocenters. The number of H-pyrrole nitrogens is 1. The predicted octanol–water partition coefficient (Wildman–Crippen LogP) is 2.81. The van der Waals surface area contributed by atoms with Crippen LogP contribution in [0.25, 0.3) is 22.3 Å². The number of nitrogens with one attached hydrogen (secondary N) is 1. The standard InChI is InChI=1S/C21H29N5O2/c1-2-11-28-19-8-7-14(12-17(19)22)21-24-20(25-26(21)9-10-27)16-13-23-18-6-4-3-5-15(16)18/h3-6,13-14,17,19,23,27H,2,7-12,22H2,1H3/t14-,17+,19+/m0/s1. The number of fused-ring (bicyclic) bond motifs is 1. The molecule has 0 amide bonds. The molecule has 2 aromatic heterocycles. The molecule has 4 N–H and O–H groups in total. The smallest absolute Gasteiger partial charge is 0.183 e. The van der Waals surface area contributed by atoms with E-state index in [2.05, 4.69) is 18.0 Å². The fourth-order valence-electron chi connectivity index (χ4n) is 4.17. The molecule has 1 fully saturated rings. The van der Waals surface area contributed by atoms with Crippen LogP contribution < -0.4 is 5.73 Å². The minimum absolute atomic E-state index is 0.00103. The molecule has 7 heteroatoms. The maximum atomic E-state index is 9.51. The van der Waals surface area contributed by atoms with E-state index in [-0.39, 0.29) is 24.7 Å². The van der Waals surface area contributed by atoms with E-state index >= 15 is 0 Å². The Morgan fingerprint density at radius 3 is 2.96 bits per heavy atom. The van der Waals surface area contributed by atoms with Crippen molar-refractivity contribution < 1.29 is 9.84 Å². The third kappa shape index (κ3) is 3.70. The lowest BCUT2D eigenvalue weighted by Gasteiger charge is -2.33. The van der Waals surface area contributed by atoms with Gasteiger partial charge in [-0.25, -0.2) is 9.67 Å². The molecular weight excluding hydrogens is 354 g/mol. The fraction of sp³-hybridized carbons (Fsp3) is 0.524. The highest BCUT2D eigenvalue weighted by Crippen LogP contribution is 2.34. The molecule has 0 spiro atoms. The van der Waals surface area contributed by atoms with Crippen molar-refractivity contribution in [3.05, 3.63) is 36.3 Å². The number of para-hydroxylation sites is 1. The lowest BCUT2D eigenvalue weighted by atomic mass is 9.83. The van der Waals surface area contributed by atoms with Crippen LogP contribution in [0.1, 0.15) is 44.3 Å². The lowest BCUT2D eigenvalue weighted by Crippen LogP contribution is -2.42. The second-order valence-corrected chi connectivity index (χ2v) is 7.57. The van der Waals surface area contributed by atoms with Crippen LogP contribution in [0.2, 0.25) is 0 Å². The molecule has 3 atom stereocenters. The van der Waals surface area contributed by atoms with Gasteiger partial charge in [0.1, 0.15) is 5.82 Å². The molecule has 150 valence electrons. The Morgan fingerprint density at radius 1 is 1.32 bits per heavy atom. The van der Waals surface area contributed by atoms with Crippen molar-refractivity contribution in [3.8, 4) is 11.4 Å². The summed E-state index contributed by atoms with van der Waals surface area (Å²) >= 11 is 0. The largest absolute Gasteiger partial charge is 0.394 e. The van der Waals surface area contributed by atoms with Gasteiger partial charge in [-0.15, -0.1) is 0 Å². The summed E-state index contributed by atoms with van der Waals surface area (Å²) in [5.41, 5.74) is 8.46. The fourth-order valence-corrected chi connectivity index (χ4v) is 4.17. The summed E-state index contributed by atoms with van der Waals surface area (Å²) in [6.07, 6.45) is 5.81. The monoisotopic (exact) mass is 383 g/mol. The van der Waals surface area contributed by atoms with Gasteiger partial charge in [0.25, 0.3) is 0 Å². The number of nitrogens with zero attached hydrogens (tertiary/aromatic N) is 3. The number of hydrogen-bond acceptors (Lipinski definition) is 5. The second kappa shape index (κ2) is 8.43. The van der Waals surface area contributed by atoms with Gasteiger partial charge in [-0.2, -0.15) is 5.10 Å². The normalized spacial score (nSPS) is 22.8. The minimum atomic E-state index is 0.00103. The van der Waals surface area contributed by atoms with Gasteiger partial charge < -0.3 is 20.6 Å². The number of benzene rings is 1. The van der Waals surface area contributed by atoms with Crippen molar-refractivity contribution in [2.24, 2.45) is 5.73 Å². The molecule has 4 rings (SSSR count). The Bertz CT molecular complexity index is 919. The molecule has 2 heterocycles. The van der Waals surface area contributed by atoms with E-state index in [9.17, 15) is 5.11 Å². The average Bonchev–Trinajstić information content (AvgIpc) is 3.31. The molecule has 1 aliphatic rings. The molecule has 0 saturated heterocycles. The van der Waals surface area contributed by atoms with Crippen LogP contribution in [0.3, 0.4) is 0 Å². The zero-order valence-electron chi connectivity index (χ0n) is 16.3. The summed E-state index contributed by atoms with van der Waals surface area (Å²) in [6.45, 7) is 3.34. The summed E-state index contributed by atoms with van der Waals surface area (Å²) in [4.78, 5) is 8.18. The van der Waals surface area contributed by atoms with Crippen LogP contribution in [0.15, 0.2) is 30.5 Å². The van der Waals surface area contributed by atoms with Gasteiger partial charge in [-0.05, 0) is 31.7 Å². The Labute approximate surface area is 164 Å². The lowest BCUT2D eigenvalue weighted by molar-refractivity contribution is 0.0106. The average molecular weight is 383 g/mol. The van der Waals surface area contributed by atoms with Crippen LogP contribution >= 0.6 is 0 Å². The van der Waals surface area contributed by atoms with E-state index in [1.54, 1.807) is 0 Å². The van der Waals surface area contributed by atoms with Gasteiger partial charge >= 0.3 is 0 Å². The highest BCUT2D eigenvalue weighted by Gasteiger charge is 2.32. The quantitative estimate of drug-likeness (QED) is 0.582. The van der Waals surface area contributed by atoms with Crippen LogP contribution in [0, 0.1) is 0 Å². The van der Waals surface area contributed by atoms with Gasteiger partial charge in [0.2, 0.25) is 0 Å². The first-order chi connectivity index (χ1) is 13.7. The van der Waals surface area contributed by atoms with Crippen LogP contribution in [-0.2, 0) is 11.3 Å². The van der Waals surface area contributed by atoms with E-state index in [0.29, 0.717) is 12.4 Å². The van der Waals surface area contributed by atoms with Crippen molar-refractivity contribution in [3.63, 3.8) is 0 Å². The molecule has 1 saturated carbocycles. The first kappa shape index (κ1) is 19.1. The van der Waals surface area contributed by atoms with Crippen molar-refractivity contribution in [1.29, 1.82) is 0 Å². The Morgan fingerprint density at radius 2 is 2.18 bits per heavy atom. The third-order valence-electron chi connectivity index (χ3n) is 5.58. The second-order valence-electron chi connectivity index (χ2n) is 7.57. The number of ether oxygens (including phenoxy) is 1. The first-order valence-electron chi connectivity index (χ1n) is 10.2. The highest BCUT2D eigenvalue weighted by molar-refractivity contribution is 5.93. The number of aliphatic hydroxyl groups excluding tert-OH is 1. The van der Waals surface area contributed by atoms with E-state index in [1.165, 1.54) is 0 Å². The van der Waals surface area contributed by atoms with Gasteiger partial charge in [0, 0.05) is 41.2 Å². The molecule has 28 heavy (non-hydrogen) atoms.